The van der Waals surface area contributed by atoms with E-state index < -0.39 is 12.1 Å². The lowest BCUT2D eigenvalue weighted by molar-refractivity contribution is -0.129. The fourth-order valence-corrected chi connectivity index (χ4v) is 6.60. The number of anilines is 1. The lowest BCUT2D eigenvalue weighted by Gasteiger charge is -2.30. The van der Waals surface area contributed by atoms with Crippen molar-refractivity contribution in [3.8, 4) is 0 Å². The molecule has 1 aliphatic heterocycles. The Morgan fingerprint density at radius 3 is 2.30 bits per heavy atom. The summed E-state index contributed by atoms with van der Waals surface area (Å²) in [5.74, 6) is -0.924. The molecule has 11 nitrogen and oxygen atoms in total. The molecule has 0 radical (unpaired) electrons. The van der Waals surface area contributed by atoms with Crippen molar-refractivity contribution in [1.82, 2.24) is 30.6 Å². The minimum atomic E-state index is -0.719. The molecule has 2 aromatic carbocycles. The molecule has 250 valence electrons. The largest absolute Gasteiger partial charge is 0.350 e. The number of hydrogen-bond acceptors (Lipinski definition) is 6. The van der Waals surface area contributed by atoms with Gasteiger partial charge in [-0.3, -0.25) is 28.8 Å². The molecule has 2 heterocycles. The van der Waals surface area contributed by atoms with E-state index in [-0.39, 0.29) is 42.0 Å². The minimum Gasteiger partial charge on any atom is -0.350 e. The standard InChI is InChI=1S/C36H47N7O4/c1-3-32(44)40-30(34(45)39-29-19-21-43(24-29)23-26-10-6-4-7-11-26)22-25-14-16-28(17-15-25)38-36(47)33(27-12-8-5-9-13-27)41-35(46)31-18-20-37-42(31)2/h4,6-7,10-11,14-18,20,27,29-30,33H,3,5,8-9,12-13,19,21-24H2,1-2H3,(H,38,47)(H,39,45)(H,40,44)(H,41,46)/t29-,30-,33+/m1/s1. The van der Waals surface area contributed by atoms with Crippen LogP contribution in [0.3, 0.4) is 0 Å². The summed E-state index contributed by atoms with van der Waals surface area (Å²) < 4.78 is 1.49. The topological polar surface area (TPSA) is 137 Å². The van der Waals surface area contributed by atoms with Crippen LogP contribution in [0, 0.1) is 5.92 Å². The van der Waals surface area contributed by atoms with Crippen LogP contribution in [0.5, 0.6) is 0 Å². The van der Waals surface area contributed by atoms with Crippen LogP contribution in [0.2, 0.25) is 0 Å². The normalized spacial score (nSPS) is 18.2. The van der Waals surface area contributed by atoms with Crippen LogP contribution >= 0.6 is 0 Å². The summed E-state index contributed by atoms with van der Waals surface area (Å²) in [6, 6.07) is 17.8. The first-order valence-corrected chi connectivity index (χ1v) is 16.8. The molecule has 1 saturated carbocycles. The third-order valence-corrected chi connectivity index (χ3v) is 9.25. The third-order valence-electron chi connectivity index (χ3n) is 9.25. The van der Waals surface area contributed by atoms with Crippen LogP contribution in [-0.4, -0.2) is 69.5 Å². The van der Waals surface area contributed by atoms with E-state index in [1.54, 1.807) is 38.4 Å². The van der Waals surface area contributed by atoms with Gasteiger partial charge in [0.1, 0.15) is 17.8 Å². The fourth-order valence-electron chi connectivity index (χ4n) is 6.60. The molecule has 11 heteroatoms. The average molecular weight is 642 g/mol. The molecule has 2 fully saturated rings. The van der Waals surface area contributed by atoms with Crippen LogP contribution < -0.4 is 21.3 Å². The summed E-state index contributed by atoms with van der Waals surface area (Å²) in [6.07, 6.45) is 7.95. The van der Waals surface area contributed by atoms with Gasteiger partial charge < -0.3 is 21.3 Å². The number of hydrogen-bond donors (Lipinski definition) is 4. The number of benzene rings is 2. The fraction of sp³-hybridized carbons (Fsp3) is 0.472. The van der Waals surface area contributed by atoms with Gasteiger partial charge in [-0.25, -0.2) is 0 Å². The van der Waals surface area contributed by atoms with Crippen molar-refractivity contribution in [3.63, 3.8) is 0 Å². The van der Waals surface area contributed by atoms with Crippen LogP contribution in [-0.2, 0) is 34.4 Å². The number of amides is 4. The SMILES string of the molecule is CCC(=O)N[C@H](Cc1ccc(NC(=O)[C@@H](NC(=O)c2ccnn2C)C2CCCCC2)cc1)C(=O)N[C@@H]1CCN(Cc2ccccc2)C1. The van der Waals surface area contributed by atoms with Gasteiger partial charge >= 0.3 is 0 Å². The molecule has 0 unspecified atom stereocenters. The molecule has 47 heavy (non-hydrogen) atoms. The number of aromatic nitrogens is 2. The predicted octanol–water partition coefficient (Wildman–Crippen LogP) is 3.57. The van der Waals surface area contributed by atoms with E-state index in [9.17, 15) is 19.2 Å². The monoisotopic (exact) mass is 641 g/mol. The lowest BCUT2D eigenvalue weighted by atomic mass is 9.83. The Kier molecular flexibility index (Phi) is 11.8. The van der Waals surface area contributed by atoms with Crippen molar-refractivity contribution in [2.75, 3.05) is 18.4 Å². The molecule has 0 bridgehead atoms. The van der Waals surface area contributed by atoms with Gasteiger partial charge in [0.25, 0.3) is 5.91 Å². The number of carbonyl (C=O) groups is 4. The van der Waals surface area contributed by atoms with Gasteiger partial charge in [-0.2, -0.15) is 5.10 Å². The summed E-state index contributed by atoms with van der Waals surface area (Å²) in [5.41, 5.74) is 3.09. The zero-order chi connectivity index (χ0) is 33.2. The molecular weight excluding hydrogens is 594 g/mol. The summed E-state index contributed by atoms with van der Waals surface area (Å²) in [6.45, 7) is 4.26. The maximum absolute atomic E-state index is 13.5. The summed E-state index contributed by atoms with van der Waals surface area (Å²) in [4.78, 5) is 54.7. The zero-order valence-corrected chi connectivity index (χ0v) is 27.4. The molecule has 5 rings (SSSR count). The number of aryl methyl sites for hydroxylation is 1. The van der Waals surface area contributed by atoms with E-state index in [2.05, 4.69) is 43.4 Å². The Morgan fingerprint density at radius 1 is 0.872 bits per heavy atom. The van der Waals surface area contributed by atoms with E-state index in [1.165, 1.54) is 10.2 Å². The van der Waals surface area contributed by atoms with Crippen LogP contribution in [0.1, 0.15) is 73.5 Å². The highest BCUT2D eigenvalue weighted by atomic mass is 16.2. The summed E-state index contributed by atoms with van der Waals surface area (Å²) >= 11 is 0. The van der Waals surface area contributed by atoms with E-state index in [0.717, 1.165) is 63.7 Å². The Morgan fingerprint density at radius 2 is 1.62 bits per heavy atom. The maximum Gasteiger partial charge on any atom is 0.270 e. The molecule has 3 atom stereocenters. The zero-order valence-electron chi connectivity index (χ0n) is 27.4. The van der Waals surface area contributed by atoms with Gasteiger partial charge in [0.2, 0.25) is 17.7 Å². The third kappa shape index (κ3) is 9.51. The van der Waals surface area contributed by atoms with E-state index >= 15 is 0 Å². The quantitative estimate of drug-likeness (QED) is 0.225. The number of likely N-dealkylation sites (tertiary alicyclic amines) is 1. The van der Waals surface area contributed by atoms with Gasteiger partial charge in [0, 0.05) is 57.4 Å². The van der Waals surface area contributed by atoms with Crippen molar-refractivity contribution in [2.45, 2.75) is 83.0 Å². The van der Waals surface area contributed by atoms with Crippen molar-refractivity contribution in [2.24, 2.45) is 13.0 Å². The Balaban J connectivity index is 1.19. The number of carbonyl (C=O) groups excluding carboxylic acids is 4. The van der Waals surface area contributed by atoms with Gasteiger partial charge in [0.15, 0.2) is 0 Å². The molecule has 1 aliphatic carbocycles. The highest BCUT2D eigenvalue weighted by Gasteiger charge is 2.32. The number of rotatable bonds is 13. The molecule has 1 saturated heterocycles. The highest BCUT2D eigenvalue weighted by Crippen LogP contribution is 2.27. The molecule has 4 N–H and O–H groups in total. The average Bonchev–Trinajstić information content (AvgIpc) is 3.72. The van der Waals surface area contributed by atoms with E-state index in [4.69, 9.17) is 0 Å². The first kappa shape index (κ1) is 33.8. The highest BCUT2D eigenvalue weighted by molar-refractivity contribution is 6.00. The van der Waals surface area contributed by atoms with Crippen LogP contribution in [0.15, 0.2) is 66.9 Å². The van der Waals surface area contributed by atoms with Crippen molar-refractivity contribution in [1.29, 1.82) is 0 Å². The smallest absolute Gasteiger partial charge is 0.270 e. The molecule has 0 spiro atoms. The summed E-state index contributed by atoms with van der Waals surface area (Å²) in [5, 5.41) is 16.1. The number of nitrogens with one attached hydrogen (secondary N) is 4. The molecular formula is C36H47N7O4. The maximum atomic E-state index is 13.5. The second kappa shape index (κ2) is 16.4. The molecule has 2 aliphatic rings. The predicted molar refractivity (Wildman–Crippen MR) is 180 cm³/mol. The number of nitrogens with zero attached hydrogens (tertiary/aromatic N) is 3. The van der Waals surface area contributed by atoms with E-state index in [0.29, 0.717) is 17.8 Å². The van der Waals surface area contributed by atoms with Gasteiger partial charge in [-0.05, 0) is 54.5 Å². The minimum absolute atomic E-state index is 0.0142. The van der Waals surface area contributed by atoms with Crippen LogP contribution in [0.4, 0.5) is 5.69 Å². The van der Waals surface area contributed by atoms with Gasteiger partial charge in [-0.1, -0.05) is 68.7 Å². The Hall–Kier alpha value is -4.51. The molecule has 4 amide bonds. The molecule has 1 aromatic heterocycles. The lowest BCUT2D eigenvalue weighted by Crippen LogP contribution is -2.51. The van der Waals surface area contributed by atoms with Crippen molar-refractivity contribution < 1.29 is 19.2 Å². The molecule has 3 aromatic rings. The first-order chi connectivity index (χ1) is 22.8. The Labute approximate surface area is 276 Å². The summed E-state index contributed by atoms with van der Waals surface area (Å²) in [7, 11) is 1.70. The van der Waals surface area contributed by atoms with Crippen molar-refractivity contribution in [3.05, 3.63) is 83.7 Å². The van der Waals surface area contributed by atoms with Crippen LogP contribution in [0.25, 0.3) is 0 Å². The van der Waals surface area contributed by atoms with Gasteiger partial charge in [0.05, 0.1) is 0 Å². The van der Waals surface area contributed by atoms with Gasteiger partial charge in [-0.15, -0.1) is 0 Å². The van der Waals surface area contributed by atoms with E-state index in [1.807, 2.05) is 30.3 Å². The first-order valence-electron chi connectivity index (χ1n) is 16.8. The van der Waals surface area contributed by atoms with Crippen molar-refractivity contribution >= 4 is 29.3 Å². The Bertz CT molecular complexity index is 1500. The second-order valence-corrected chi connectivity index (χ2v) is 12.8. The second-order valence-electron chi connectivity index (χ2n) is 12.8.